The van der Waals surface area contributed by atoms with Gasteiger partial charge in [-0.3, -0.25) is 0 Å². The second-order valence-corrected chi connectivity index (χ2v) is 4.62. The number of hydrogen-bond acceptors (Lipinski definition) is 1. The standard InChI is InChI=1S/C16H17FN2O/c1-12-2-4-13(5-3-12)10-11-18-16(20)19-15-8-6-14(17)7-9-15/h2-9H,10-11H2,1H3,(H2,18,19,20). The Morgan fingerprint density at radius 2 is 1.70 bits per heavy atom. The number of benzene rings is 2. The maximum atomic E-state index is 12.7. The molecular weight excluding hydrogens is 255 g/mol. The maximum absolute atomic E-state index is 12.7. The molecule has 4 heteroatoms. The Morgan fingerprint density at radius 1 is 1.05 bits per heavy atom. The number of hydrogen-bond donors (Lipinski definition) is 2. The van der Waals surface area contributed by atoms with E-state index in [4.69, 9.17) is 0 Å². The van der Waals surface area contributed by atoms with Crippen molar-refractivity contribution in [3.63, 3.8) is 0 Å². The molecule has 3 nitrogen and oxygen atoms in total. The molecule has 0 aromatic heterocycles. The van der Waals surface area contributed by atoms with Gasteiger partial charge < -0.3 is 10.6 Å². The summed E-state index contributed by atoms with van der Waals surface area (Å²) in [6.07, 6.45) is 0.775. The van der Waals surface area contributed by atoms with Gasteiger partial charge in [-0.15, -0.1) is 0 Å². The fraction of sp³-hybridized carbons (Fsp3) is 0.188. The molecule has 20 heavy (non-hydrogen) atoms. The van der Waals surface area contributed by atoms with Crippen LogP contribution in [0.1, 0.15) is 11.1 Å². The van der Waals surface area contributed by atoms with Crippen molar-refractivity contribution in [2.75, 3.05) is 11.9 Å². The second-order valence-electron chi connectivity index (χ2n) is 4.62. The molecule has 2 amide bonds. The molecule has 0 spiro atoms. The number of anilines is 1. The minimum absolute atomic E-state index is 0.288. The quantitative estimate of drug-likeness (QED) is 0.878. The summed E-state index contributed by atoms with van der Waals surface area (Å²) in [5.41, 5.74) is 2.97. The lowest BCUT2D eigenvalue weighted by Crippen LogP contribution is -2.30. The van der Waals surface area contributed by atoms with Crippen LogP contribution in [0.25, 0.3) is 0 Å². The van der Waals surface area contributed by atoms with E-state index in [-0.39, 0.29) is 11.8 Å². The van der Waals surface area contributed by atoms with Gasteiger partial charge >= 0.3 is 6.03 Å². The maximum Gasteiger partial charge on any atom is 0.319 e. The summed E-state index contributed by atoms with van der Waals surface area (Å²) in [5, 5.41) is 5.41. The van der Waals surface area contributed by atoms with Gasteiger partial charge in [0, 0.05) is 12.2 Å². The van der Waals surface area contributed by atoms with E-state index in [0.29, 0.717) is 12.2 Å². The lowest BCUT2D eigenvalue weighted by Gasteiger charge is -2.07. The Kier molecular flexibility index (Phi) is 4.71. The van der Waals surface area contributed by atoms with Crippen molar-refractivity contribution in [2.24, 2.45) is 0 Å². The van der Waals surface area contributed by atoms with Crippen molar-refractivity contribution in [1.82, 2.24) is 5.32 Å². The number of carbonyl (C=O) groups is 1. The smallest absolute Gasteiger partial charge is 0.319 e. The van der Waals surface area contributed by atoms with Crippen LogP contribution in [0.2, 0.25) is 0 Å². The molecule has 0 radical (unpaired) electrons. The van der Waals surface area contributed by atoms with Crippen LogP contribution in [-0.2, 0) is 6.42 Å². The Labute approximate surface area is 117 Å². The average Bonchev–Trinajstić information content (AvgIpc) is 2.44. The molecule has 0 aliphatic carbocycles. The summed E-state index contributed by atoms with van der Waals surface area (Å²) in [6.45, 7) is 2.59. The van der Waals surface area contributed by atoms with Crippen LogP contribution in [0.5, 0.6) is 0 Å². The summed E-state index contributed by atoms with van der Waals surface area (Å²) in [7, 11) is 0. The number of rotatable bonds is 4. The first-order chi connectivity index (χ1) is 9.63. The fourth-order valence-electron chi connectivity index (χ4n) is 1.78. The van der Waals surface area contributed by atoms with Crippen molar-refractivity contribution in [2.45, 2.75) is 13.3 Å². The SMILES string of the molecule is Cc1ccc(CCNC(=O)Nc2ccc(F)cc2)cc1. The van der Waals surface area contributed by atoms with Crippen LogP contribution < -0.4 is 10.6 Å². The van der Waals surface area contributed by atoms with Crippen molar-refractivity contribution in [3.8, 4) is 0 Å². The molecule has 0 heterocycles. The van der Waals surface area contributed by atoms with Crippen molar-refractivity contribution in [1.29, 1.82) is 0 Å². The summed E-state index contributed by atoms with van der Waals surface area (Å²) in [4.78, 5) is 11.6. The predicted octanol–water partition coefficient (Wildman–Crippen LogP) is 3.50. The van der Waals surface area contributed by atoms with Crippen LogP contribution in [0.4, 0.5) is 14.9 Å². The highest BCUT2D eigenvalue weighted by molar-refractivity contribution is 5.89. The Bertz CT molecular complexity index is 564. The van der Waals surface area contributed by atoms with E-state index in [1.54, 1.807) is 0 Å². The molecule has 0 aliphatic rings. The van der Waals surface area contributed by atoms with Gasteiger partial charge in [0.1, 0.15) is 5.82 Å². The second kappa shape index (κ2) is 6.70. The first-order valence-corrected chi connectivity index (χ1v) is 6.49. The highest BCUT2D eigenvalue weighted by atomic mass is 19.1. The van der Waals surface area contributed by atoms with Gasteiger partial charge in [-0.05, 0) is 43.2 Å². The van der Waals surface area contributed by atoms with Gasteiger partial charge in [0.25, 0.3) is 0 Å². The normalized spacial score (nSPS) is 10.1. The van der Waals surface area contributed by atoms with Gasteiger partial charge in [0.2, 0.25) is 0 Å². The number of amides is 2. The molecule has 2 rings (SSSR count). The molecule has 2 N–H and O–H groups in total. The molecule has 0 saturated heterocycles. The molecule has 0 saturated carbocycles. The highest BCUT2D eigenvalue weighted by Crippen LogP contribution is 2.08. The van der Waals surface area contributed by atoms with Crippen LogP contribution in [0.3, 0.4) is 0 Å². The molecule has 0 unspecified atom stereocenters. The van der Waals surface area contributed by atoms with Crippen LogP contribution in [-0.4, -0.2) is 12.6 Å². The molecule has 0 aliphatic heterocycles. The van der Waals surface area contributed by atoms with Gasteiger partial charge in [-0.1, -0.05) is 29.8 Å². The minimum atomic E-state index is -0.324. The zero-order valence-corrected chi connectivity index (χ0v) is 11.3. The fourth-order valence-corrected chi connectivity index (χ4v) is 1.78. The van der Waals surface area contributed by atoms with E-state index in [0.717, 1.165) is 6.42 Å². The first-order valence-electron chi connectivity index (χ1n) is 6.49. The number of carbonyl (C=O) groups excluding carboxylic acids is 1. The van der Waals surface area contributed by atoms with Gasteiger partial charge in [0.05, 0.1) is 0 Å². The summed E-state index contributed by atoms with van der Waals surface area (Å²) in [5.74, 6) is -0.324. The molecule has 2 aromatic rings. The van der Waals surface area contributed by atoms with Gasteiger partial charge in [-0.25, -0.2) is 9.18 Å². The third kappa shape index (κ3) is 4.39. The average molecular weight is 272 g/mol. The van der Waals surface area contributed by atoms with Crippen LogP contribution in [0.15, 0.2) is 48.5 Å². The first kappa shape index (κ1) is 14.1. The molecule has 0 fully saturated rings. The zero-order valence-electron chi connectivity index (χ0n) is 11.3. The summed E-state index contributed by atoms with van der Waals surface area (Å²) < 4.78 is 12.7. The Balaban J connectivity index is 1.75. The van der Waals surface area contributed by atoms with E-state index in [9.17, 15) is 9.18 Å². The van der Waals surface area contributed by atoms with E-state index in [2.05, 4.69) is 22.8 Å². The Morgan fingerprint density at radius 3 is 2.35 bits per heavy atom. The van der Waals surface area contributed by atoms with Gasteiger partial charge in [-0.2, -0.15) is 0 Å². The van der Waals surface area contributed by atoms with Crippen molar-refractivity contribution < 1.29 is 9.18 Å². The lowest BCUT2D eigenvalue weighted by atomic mass is 10.1. The molecule has 2 aromatic carbocycles. The zero-order chi connectivity index (χ0) is 14.4. The van der Waals surface area contributed by atoms with Crippen LogP contribution >= 0.6 is 0 Å². The van der Waals surface area contributed by atoms with Crippen molar-refractivity contribution in [3.05, 3.63) is 65.5 Å². The van der Waals surface area contributed by atoms with E-state index in [1.807, 2.05) is 19.1 Å². The number of halogens is 1. The van der Waals surface area contributed by atoms with E-state index in [1.165, 1.54) is 35.4 Å². The summed E-state index contributed by atoms with van der Waals surface area (Å²) in [6, 6.07) is 13.6. The number of urea groups is 1. The van der Waals surface area contributed by atoms with Crippen LogP contribution in [0, 0.1) is 12.7 Å². The molecular formula is C16H17FN2O. The van der Waals surface area contributed by atoms with E-state index >= 15 is 0 Å². The van der Waals surface area contributed by atoms with Gasteiger partial charge in [0.15, 0.2) is 0 Å². The largest absolute Gasteiger partial charge is 0.338 e. The van der Waals surface area contributed by atoms with E-state index < -0.39 is 0 Å². The van der Waals surface area contributed by atoms with Crippen molar-refractivity contribution >= 4 is 11.7 Å². The predicted molar refractivity (Wildman–Crippen MR) is 78.3 cm³/mol. The monoisotopic (exact) mass is 272 g/mol. The number of nitrogens with one attached hydrogen (secondary N) is 2. The third-order valence-corrected chi connectivity index (χ3v) is 2.92. The lowest BCUT2D eigenvalue weighted by molar-refractivity contribution is 0.252. The summed E-state index contributed by atoms with van der Waals surface area (Å²) >= 11 is 0. The topological polar surface area (TPSA) is 41.1 Å². The highest BCUT2D eigenvalue weighted by Gasteiger charge is 2.01. The Hall–Kier alpha value is -2.36. The third-order valence-electron chi connectivity index (χ3n) is 2.92. The number of aryl methyl sites for hydroxylation is 1. The minimum Gasteiger partial charge on any atom is -0.338 e. The molecule has 0 bridgehead atoms. The molecule has 104 valence electrons. The molecule has 0 atom stereocenters.